The van der Waals surface area contributed by atoms with Crippen molar-refractivity contribution in [2.75, 3.05) is 0 Å². The maximum atomic E-state index is 5.13. The Morgan fingerprint density at radius 1 is 1.18 bits per heavy atom. The van der Waals surface area contributed by atoms with Crippen molar-refractivity contribution >= 4 is 0 Å². The maximum absolute atomic E-state index is 5.13. The van der Waals surface area contributed by atoms with Crippen LogP contribution in [0, 0.1) is 12.3 Å². The van der Waals surface area contributed by atoms with Gasteiger partial charge in [-0.2, -0.15) is 0 Å². The van der Waals surface area contributed by atoms with Gasteiger partial charge in [-0.15, -0.1) is 12.3 Å². The zero-order valence-electron chi connectivity index (χ0n) is 6.66. The molecule has 0 bridgehead atoms. The number of rotatable bonds is 4. The van der Waals surface area contributed by atoms with Gasteiger partial charge in [0, 0.05) is 25.4 Å². The molecular formula is C10H13N. The minimum Gasteiger partial charge on any atom is -0.354 e. The second-order valence-electron chi connectivity index (χ2n) is 2.58. The monoisotopic (exact) mass is 147 g/mol. The Hall–Kier alpha value is -1.16. The summed E-state index contributed by atoms with van der Waals surface area (Å²) in [5.74, 6) is 2.64. The van der Waals surface area contributed by atoms with Crippen molar-refractivity contribution in [1.82, 2.24) is 4.57 Å². The Bertz CT molecular complexity index is 216. The van der Waals surface area contributed by atoms with E-state index in [1.807, 2.05) is 12.1 Å². The van der Waals surface area contributed by atoms with Gasteiger partial charge in [0.05, 0.1) is 0 Å². The van der Waals surface area contributed by atoms with E-state index in [1.165, 1.54) is 6.42 Å². The standard InChI is InChI=1S/C10H13N/c1-2-3-4-5-8-11-9-6-7-10-11/h1,6-7,9-10H,3-5,8H2. The average Bonchev–Trinajstić information content (AvgIpc) is 2.50. The summed E-state index contributed by atoms with van der Waals surface area (Å²) in [6.45, 7) is 1.09. The third-order valence-electron chi connectivity index (χ3n) is 1.65. The van der Waals surface area contributed by atoms with Crippen LogP contribution in [-0.2, 0) is 6.54 Å². The second kappa shape index (κ2) is 4.62. The van der Waals surface area contributed by atoms with E-state index in [9.17, 15) is 0 Å². The van der Waals surface area contributed by atoms with E-state index in [1.54, 1.807) is 0 Å². The molecule has 0 N–H and O–H groups in total. The molecular weight excluding hydrogens is 134 g/mol. The Morgan fingerprint density at radius 3 is 2.55 bits per heavy atom. The van der Waals surface area contributed by atoms with Crippen LogP contribution in [0.1, 0.15) is 19.3 Å². The van der Waals surface area contributed by atoms with E-state index >= 15 is 0 Å². The first-order valence-electron chi connectivity index (χ1n) is 3.97. The molecule has 0 unspecified atom stereocenters. The van der Waals surface area contributed by atoms with Crippen LogP contribution in [-0.4, -0.2) is 4.57 Å². The van der Waals surface area contributed by atoms with Crippen LogP contribution in [0.5, 0.6) is 0 Å². The lowest BCUT2D eigenvalue weighted by molar-refractivity contribution is 0.620. The highest BCUT2D eigenvalue weighted by Gasteiger charge is 1.87. The summed E-state index contributed by atoms with van der Waals surface area (Å²) >= 11 is 0. The predicted molar refractivity (Wildman–Crippen MR) is 47.1 cm³/mol. The van der Waals surface area contributed by atoms with Crippen molar-refractivity contribution in [3.05, 3.63) is 24.5 Å². The van der Waals surface area contributed by atoms with Gasteiger partial charge in [0.25, 0.3) is 0 Å². The maximum Gasteiger partial charge on any atom is 0.0219 e. The molecule has 1 heteroatoms. The van der Waals surface area contributed by atoms with Crippen LogP contribution in [0.4, 0.5) is 0 Å². The quantitative estimate of drug-likeness (QED) is 0.455. The molecule has 0 saturated carbocycles. The zero-order valence-corrected chi connectivity index (χ0v) is 6.66. The fourth-order valence-corrected chi connectivity index (χ4v) is 1.04. The van der Waals surface area contributed by atoms with E-state index in [4.69, 9.17) is 6.42 Å². The molecule has 0 amide bonds. The van der Waals surface area contributed by atoms with Crippen LogP contribution < -0.4 is 0 Å². The van der Waals surface area contributed by atoms with Gasteiger partial charge in [-0.25, -0.2) is 0 Å². The van der Waals surface area contributed by atoms with Crippen molar-refractivity contribution in [3.8, 4) is 12.3 Å². The fraction of sp³-hybridized carbons (Fsp3) is 0.400. The van der Waals surface area contributed by atoms with Gasteiger partial charge in [-0.1, -0.05) is 0 Å². The molecule has 58 valence electrons. The third-order valence-corrected chi connectivity index (χ3v) is 1.65. The number of hydrogen-bond donors (Lipinski definition) is 0. The van der Waals surface area contributed by atoms with Gasteiger partial charge in [0.2, 0.25) is 0 Å². The summed E-state index contributed by atoms with van der Waals surface area (Å²) < 4.78 is 2.18. The Labute approximate surface area is 68.0 Å². The molecule has 0 aliphatic carbocycles. The normalized spacial score (nSPS) is 9.36. The zero-order chi connectivity index (χ0) is 7.94. The topological polar surface area (TPSA) is 4.93 Å². The molecule has 0 aromatic carbocycles. The highest BCUT2D eigenvalue weighted by molar-refractivity contribution is 4.90. The van der Waals surface area contributed by atoms with Crippen LogP contribution in [0.25, 0.3) is 0 Å². The van der Waals surface area contributed by atoms with Crippen LogP contribution in [0.3, 0.4) is 0 Å². The summed E-state index contributed by atoms with van der Waals surface area (Å²) in [7, 11) is 0. The number of terminal acetylenes is 1. The first kappa shape index (κ1) is 7.94. The van der Waals surface area contributed by atoms with Gasteiger partial charge in [-0.3, -0.25) is 0 Å². The lowest BCUT2D eigenvalue weighted by atomic mass is 10.2. The fourth-order valence-electron chi connectivity index (χ4n) is 1.04. The van der Waals surface area contributed by atoms with Gasteiger partial charge in [-0.05, 0) is 25.0 Å². The van der Waals surface area contributed by atoms with Crippen LogP contribution in [0.15, 0.2) is 24.5 Å². The number of aryl methyl sites for hydroxylation is 1. The molecule has 1 rings (SSSR count). The molecule has 1 aromatic rings. The summed E-state index contributed by atoms with van der Waals surface area (Å²) in [5, 5.41) is 0. The van der Waals surface area contributed by atoms with Gasteiger partial charge in [0.1, 0.15) is 0 Å². The molecule has 1 aromatic heterocycles. The molecule has 0 fully saturated rings. The molecule has 0 radical (unpaired) electrons. The Kier molecular flexibility index (Phi) is 3.34. The minimum absolute atomic E-state index is 0.904. The summed E-state index contributed by atoms with van der Waals surface area (Å²) in [6.07, 6.45) is 12.5. The molecule has 0 spiro atoms. The van der Waals surface area contributed by atoms with Gasteiger partial charge >= 0.3 is 0 Å². The Morgan fingerprint density at radius 2 is 1.91 bits per heavy atom. The first-order chi connectivity index (χ1) is 5.43. The highest BCUT2D eigenvalue weighted by atomic mass is 14.9. The average molecular weight is 147 g/mol. The van der Waals surface area contributed by atoms with Gasteiger partial charge < -0.3 is 4.57 Å². The minimum atomic E-state index is 0.904. The number of nitrogens with zero attached hydrogens (tertiary/aromatic N) is 1. The van der Waals surface area contributed by atoms with Crippen molar-refractivity contribution in [1.29, 1.82) is 0 Å². The van der Waals surface area contributed by atoms with Crippen molar-refractivity contribution < 1.29 is 0 Å². The molecule has 0 aliphatic heterocycles. The van der Waals surface area contributed by atoms with E-state index < -0.39 is 0 Å². The molecule has 11 heavy (non-hydrogen) atoms. The predicted octanol–water partition coefficient (Wildman–Crippen LogP) is 2.29. The van der Waals surface area contributed by atoms with Crippen molar-refractivity contribution in [2.45, 2.75) is 25.8 Å². The Balaban J connectivity index is 2.10. The van der Waals surface area contributed by atoms with Crippen LogP contribution in [0.2, 0.25) is 0 Å². The SMILES string of the molecule is C#CCCCCn1cccc1. The molecule has 0 saturated heterocycles. The number of hydrogen-bond acceptors (Lipinski definition) is 0. The largest absolute Gasteiger partial charge is 0.354 e. The molecule has 1 heterocycles. The lowest BCUT2D eigenvalue weighted by Crippen LogP contribution is -1.92. The summed E-state index contributed by atoms with van der Waals surface area (Å²) in [6, 6.07) is 4.09. The third kappa shape index (κ3) is 2.95. The molecule has 0 aliphatic rings. The molecule has 1 nitrogen and oxygen atoms in total. The number of unbranched alkanes of at least 4 members (excludes halogenated alkanes) is 2. The van der Waals surface area contributed by atoms with Crippen LogP contribution >= 0.6 is 0 Å². The van der Waals surface area contributed by atoms with Gasteiger partial charge in [0.15, 0.2) is 0 Å². The highest BCUT2D eigenvalue weighted by Crippen LogP contribution is 1.98. The number of aromatic nitrogens is 1. The van der Waals surface area contributed by atoms with E-state index in [0.29, 0.717) is 0 Å². The lowest BCUT2D eigenvalue weighted by Gasteiger charge is -1.99. The van der Waals surface area contributed by atoms with E-state index in [-0.39, 0.29) is 0 Å². The molecule has 0 atom stereocenters. The second-order valence-corrected chi connectivity index (χ2v) is 2.58. The van der Waals surface area contributed by atoms with E-state index in [2.05, 4.69) is 22.9 Å². The first-order valence-corrected chi connectivity index (χ1v) is 3.97. The summed E-state index contributed by atoms with van der Waals surface area (Å²) in [5.41, 5.74) is 0. The van der Waals surface area contributed by atoms with Crippen molar-refractivity contribution in [2.24, 2.45) is 0 Å². The smallest absolute Gasteiger partial charge is 0.0219 e. The van der Waals surface area contributed by atoms with Crippen molar-refractivity contribution in [3.63, 3.8) is 0 Å². The van der Waals surface area contributed by atoms with E-state index in [0.717, 1.165) is 19.4 Å². The summed E-state index contributed by atoms with van der Waals surface area (Å²) in [4.78, 5) is 0.